The Hall–Kier alpha value is -2.35. The summed E-state index contributed by atoms with van der Waals surface area (Å²) in [5.74, 6) is -0.418. The first-order valence-corrected chi connectivity index (χ1v) is 4.81. The minimum absolute atomic E-state index is 0.310. The Morgan fingerprint density at radius 2 is 2.44 bits per heavy atom. The lowest BCUT2D eigenvalue weighted by molar-refractivity contribution is 0.0520. The Morgan fingerprint density at radius 3 is 3.12 bits per heavy atom. The second kappa shape index (κ2) is 4.03. The molecule has 0 spiro atoms. The quantitative estimate of drug-likeness (QED) is 0.772. The number of carbonyl (C=O) groups is 1. The van der Waals surface area contributed by atoms with E-state index < -0.39 is 5.97 Å². The molecule has 0 aliphatic heterocycles. The highest BCUT2D eigenvalue weighted by Gasteiger charge is 2.10. The zero-order valence-corrected chi connectivity index (χ0v) is 8.65. The zero-order valence-electron chi connectivity index (χ0n) is 8.65. The maximum atomic E-state index is 11.4. The molecule has 0 fully saturated rings. The van der Waals surface area contributed by atoms with E-state index in [0.717, 1.165) is 5.39 Å². The predicted octanol–water partition coefficient (Wildman–Crippen LogP) is 1.61. The van der Waals surface area contributed by atoms with Crippen LogP contribution in [0, 0.1) is 11.3 Å². The number of carbonyl (C=O) groups excluding carboxylic acids is 1. The number of nitrogens with zero attached hydrogens (tertiary/aromatic N) is 2. The molecule has 1 N–H and O–H groups in total. The van der Waals surface area contributed by atoms with Gasteiger partial charge in [-0.15, -0.1) is 0 Å². The van der Waals surface area contributed by atoms with E-state index in [2.05, 4.69) is 9.97 Å². The molecule has 2 aromatic heterocycles. The topological polar surface area (TPSA) is 78.8 Å². The number of nitriles is 1. The monoisotopic (exact) mass is 215 g/mol. The van der Waals surface area contributed by atoms with Crippen LogP contribution in [0.5, 0.6) is 0 Å². The van der Waals surface area contributed by atoms with Crippen LogP contribution in [0.15, 0.2) is 18.2 Å². The molecule has 0 aliphatic carbocycles. The average Bonchev–Trinajstić information content (AvgIpc) is 2.71. The molecule has 5 nitrogen and oxygen atoms in total. The van der Waals surface area contributed by atoms with Crippen molar-refractivity contribution in [2.45, 2.75) is 6.92 Å². The van der Waals surface area contributed by atoms with Crippen LogP contribution in [0.3, 0.4) is 0 Å². The summed E-state index contributed by atoms with van der Waals surface area (Å²) in [7, 11) is 0. The summed E-state index contributed by atoms with van der Waals surface area (Å²) in [5, 5.41) is 9.46. The first kappa shape index (κ1) is 10.2. The third-order valence-corrected chi connectivity index (χ3v) is 2.09. The van der Waals surface area contributed by atoms with Gasteiger partial charge in [0, 0.05) is 5.39 Å². The minimum atomic E-state index is -0.418. The number of aromatic amines is 1. The predicted molar refractivity (Wildman–Crippen MR) is 56.8 cm³/mol. The van der Waals surface area contributed by atoms with Gasteiger partial charge in [0.05, 0.1) is 6.61 Å². The van der Waals surface area contributed by atoms with Crippen molar-refractivity contribution in [2.75, 3.05) is 6.61 Å². The molecule has 16 heavy (non-hydrogen) atoms. The van der Waals surface area contributed by atoms with Crippen molar-refractivity contribution in [3.63, 3.8) is 0 Å². The van der Waals surface area contributed by atoms with Crippen molar-refractivity contribution in [3.8, 4) is 6.07 Å². The fourth-order valence-electron chi connectivity index (χ4n) is 1.39. The van der Waals surface area contributed by atoms with Crippen molar-refractivity contribution >= 4 is 17.0 Å². The van der Waals surface area contributed by atoms with Gasteiger partial charge in [-0.05, 0) is 25.1 Å². The van der Waals surface area contributed by atoms with Crippen LogP contribution >= 0.6 is 0 Å². The molecule has 0 saturated carbocycles. The molecule has 2 aromatic rings. The van der Waals surface area contributed by atoms with Crippen LogP contribution in [-0.4, -0.2) is 22.5 Å². The largest absolute Gasteiger partial charge is 0.461 e. The second-order valence-corrected chi connectivity index (χ2v) is 3.15. The zero-order chi connectivity index (χ0) is 11.5. The van der Waals surface area contributed by atoms with Gasteiger partial charge in [0.25, 0.3) is 0 Å². The van der Waals surface area contributed by atoms with Crippen LogP contribution in [0.1, 0.15) is 23.1 Å². The second-order valence-electron chi connectivity index (χ2n) is 3.15. The number of esters is 1. The van der Waals surface area contributed by atoms with Gasteiger partial charge in [-0.25, -0.2) is 9.78 Å². The summed E-state index contributed by atoms with van der Waals surface area (Å²) in [6.07, 6.45) is 0. The minimum Gasteiger partial charge on any atom is -0.461 e. The molecule has 5 heteroatoms. The molecule has 0 aliphatic rings. The molecule has 0 amide bonds. The fraction of sp³-hybridized carbons (Fsp3) is 0.182. The number of nitrogens with one attached hydrogen (secondary N) is 1. The number of pyridine rings is 1. The highest BCUT2D eigenvalue weighted by Crippen LogP contribution is 2.14. The van der Waals surface area contributed by atoms with E-state index in [1.54, 1.807) is 25.1 Å². The number of fused-ring (bicyclic) bond motifs is 1. The van der Waals surface area contributed by atoms with E-state index in [-0.39, 0.29) is 0 Å². The summed E-state index contributed by atoms with van der Waals surface area (Å²) < 4.78 is 4.85. The van der Waals surface area contributed by atoms with Crippen molar-refractivity contribution in [3.05, 3.63) is 29.6 Å². The molecular formula is C11H9N3O2. The van der Waals surface area contributed by atoms with Crippen LogP contribution < -0.4 is 0 Å². The van der Waals surface area contributed by atoms with E-state index >= 15 is 0 Å². The van der Waals surface area contributed by atoms with E-state index in [1.807, 2.05) is 6.07 Å². The molecule has 0 unspecified atom stereocenters. The van der Waals surface area contributed by atoms with Gasteiger partial charge >= 0.3 is 5.97 Å². The van der Waals surface area contributed by atoms with Gasteiger partial charge in [-0.2, -0.15) is 5.26 Å². The average molecular weight is 215 g/mol. The van der Waals surface area contributed by atoms with Gasteiger partial charge < -0.3 is 9.72 Å². The van der Waals surface area contributed by atoms with E-state index in [0.29, 0.717) is 23.6 Å². The first-order valence-electron chi connectivity index (χ1n) is 4.81. The van der Waals surface area contributed by atoms with E-state index in [1.165, 1.54) is 0 Å². The SMILES string of the molecule is CCOC(=O)c1cc2ccc(C#N)nc2[nH]1. The number of hydrogen-bond donors (Lipinski definition) is 1. The van der Waals surface area contributed by atoms with Crippen molar-refractivity contribution < 1.29 is 9.53 Å². The standard InChI is InChI=1S/C11H9N3O2/c1-2-16-11(15)9-5-7-3-4-8(6-12)13-10(7)14-9/h3-5H,2H2,1H3,(H,13,14). The number of ether oxygens (including phenoxy) is 1. The summed E-state index contributed by atoms with van der Waals surface area (Å²) in [6.45, 7) is 2.07. The fourth-order valence-corrected chi connectivity index (χ4v) is 1.39. The normalized spacial score (nSPS) is 10.0. The van der Waals surface area contributed by atoms with Crippen LogP contribution in [0.25, 0.3) is 11.0 Å². The first-order chi connectivity index (χ1) is 7.74. The number of hydrogen-bond acceptors (Lipinski definition) is 4. The van der Waals surface area contributed by atoms with Gasteiger partial charge in [0.15, 0.2) is 0 Å². The Bertz CT molecular complexity index is 580. The summed E-state index contributed by atoms with van der Waals surface area (Å²) in [4.78, 5) is 18.3. The lowest BCUT2D eigenvalue weighted by Gasteiger charge is -1.96. The van der Waals surface area contributed by atoms with Crippen molar-refractivity contribution in [2.24, 2.45) is 0 Å². The van der Waals surface area contributed by atoms with Crippen LogP contribution in [0.2, 0.25) is 0 Å². The van der Waals surface area contributed by atoms with Gasteiger partial charge in [-0.3, -0.25) is 0 Å². The Morgan fingerprint density at radius 1 is 1.62 bits per heavy atom. The van der Waals surface area contributed by atoms with Gasteiger partial charge in [-0.1, -0.05) is 0 Å². The summed E-state index contributed by atoms with van der Waals surface area (Å²) in [6, 6.07) is 6.93. The number of rotatable bonds is 2. The molecule has 0 atom stereocenters. The molecule has 2 rings (SSSR count). The number of aromatic nitrogens is 2. The lowest BCUT2D eigenvalue weighted by Crippen LogP contribution is -2.04. The molecule has 0 radical (unpaired) electrons. The van der Waals surface area contributed by atoms with Crippen LogP contribution in [0.4, 0.5) is 0 Å². The van der Waals surface area contributed by atoms with Gasteiger partial charge in [0.2, 0.25) is 0 Å². The maximum absolute atomic E-state index is 11.4. The molecule has 80 valence electrons. The van der Waals surface area contributed by atoms with Crippen molar-refractivity contribution in [1.29, 1.82) is 5.26 Å². The smallest absolute Gasteiger partial charge is 0.354 e. The van der Waals surface area contributed by atoms with Crippen LogP contribution in [-0.2, 0) is 4.74 Å². The molecule has 0 aromatic carbocycles. The Balaban J connectivity index is 2.44. The maximum Gasteiger partial charge on any atom is 0.354 e. The van der Waals surface area contributed by atoms with E-state index in [9.17, 15) is 4.79 Å². The Kier molecular flexibility index (Phi) is 2.56. The molecule has 0 saturated heterocycles. The van der Waals surface area contributed by atoms with Crippen molar-refractivity contribution in [1.82, 2.24) is 9.97 Å². The number of H-pyrrole nitrogens is 1. The summed E-state index contributed by atoms with van der Waals surface area (Å²) >= 11 is 0. The highest BCUT2D eigenvalue weighted by atomic mass is 16.5. The summed E-state index contributed by atoms with van der Waals surface area (Å²) in [5.41, 5.74) is 1.17. The lowest BCUT2D eigenvalue weighted by atomic mass is 10.3. The van der Waals surface area contributed by atoms with Gasteiger partial charge in [0.1, 0.15) is 23.1 Å². The Labute approximate surface area is 91.7 Å². The molecule has 0 bridgehead atoms. The molecule has 2 heterocycles. The third-order valence-electron chi connectivity index (χ3n) is 2.09. The molecular weight excluding hydrogens is 206 g/mol. The third kappa shape index (κ3) is 1.73. The van der Waals surface area contributed by atoms with E-state index in [4.69, 9.17) is 10.00 Å². The highest BCUT2D eigenvalue weighted by molar-refractivity contribution is 5.93.